The molecule has 1 rings (SSSR count). The lowest BCUT2D eigenvalue weighted by atomic mass is 9.99. The van der Waals surface area contributed by atoms with Gasteiger partial charge in [0.2, 0.25) is 0 Å². The molecule has 0 amide bonds. The molecule has 0 saturated carbocycles. The summed E-state index contributed by atoms with van der Waals surface area (Å²) < 4.78 is 4.74. The van der Waals surface area contributed by atoms with E-state index in [1.165, 1.54) is 36.4 Å². The van der Waals surface area contributed by atoms with E-state index in [0.717, 1.165) is 0 Å². The molecule has 0 aromatic heterocycles. The molecule has 1 N–H and O–H groups in total. The summed E-state index contributed by atoms with van der Waals surface area (Å²) in [6.07, 6.45) is 1.41. The standard InChI is InChI=1S/C14H15NO5/c1-3-5-12(13(16)14(17)20-4-2)10-6-8-11(9-7-10)15(18)19/h3,5-9,13,16H,1,4H2,2H3/b12-5+/t13-/m0/s1. The lowest BCUT2D eigenvalue weighted by Gasteiger charge is -2.13. The largest absolute Gasteiger partial charge is 0.464 e. The third kappa shape index (κ3) is 3.76. The fraction of sp³-hybridized carbons (Fsp3) is 0.214. The fourth-order valence-corrected chi connectivity index (χ4v) is 1.60. The van der Waals surface area contributed by atoms with Crippen LogP contribution in [0.1, 0.15) is 12.5 Å². The first-order valence-corrected chi connectivity index (χ1v) is 5.93. The van der Waals surface area contributed by atoms with E-state index >= 15 is 0 Å². The summed E-state index contributed by atoms with van der Waals surface area (Å²) in [7, 11) is 0. The zero-order chi connectivity index (χ0) is 15.1. The first kappa shape index (κ1) is 15.6. The quantitative estimate of drug-likeness (QED) is 0.372. The van der Waals surface area contributed by atoms with Crippen molar-refractivity contribution in [2.24, 2.45) is 0 Å². The summed E-state index contributed by atoms with van der Waals surface area (Å²) in [5.41, 5.74) is 0.682. The number of nitrogens with zero attached hydrogens (tertiary/aromatic N) is 1. The molecule has 0 fully saturated rings. The predicted octanol–water partition coefficient (Wildman–Crippen LogP) is 2.09. The maximum Gasteiger partial charge on any atom is 0.339 e. The summed E-state index contributed by atoms with van der Waals surface area (Å²) in [4.78, 5) is 21.6. The van der Waals surface area contributed by atoms with E-state index in [9.17, 15) is 20.0 Å². The van der Waals surface area contributed by atoms with E-state index in [0.29, 0.717) is 5.56 Å². The molecule has 0 aliphatic rings. The molecular formula is C14H15NO5. The van der Waals surface area contributed by atoms with Crippen LogP contribution in [0.25, 0.3) is 5.57 Å². The molecule has 0 unspecified atom stereocenters. The van der Waals surface area contributed by atoms with Crippen LogP contribution in [-0.4, -0.2) is 28.7 Å². The van der Waals surface area contributed by atoms with Crippen LogP contribution in [0.15, 0.2) is 43.0 Å². The highest BCUT2D eigenvalue weighted by Gasteiger charge is 2.22. The maximum atomic E-state index is 11.6. The number of rotatable bonds is 6. The van der Waals surface area contributed by atoms with Gasteiger partial charge in [-0.2, -0.15) is 0 Å². The fourth-order valence-electron chi connectivity index (χ4n) is 1.60. The number of aliphatic hydroxyl groups is 1. The van der Waals surface area contributed by atoms with E-state index in [4.69, 9.17) is 4.74 Å². The number of carbonyl (C=O) groups excluding carboxylic acids is 1. The van der Waals surface area contributed by atoms with E-state index in [2.05, 4.69) is 6.58 Å². The number of benzene rings is 1. The Morgan fingerprint density at radius 3 is 2.55 bits per heavy atom. The van der Waals surface area contributed by atoms with Gasteiger partial charge >= 0.3 is 5.97 Å². The Balaban J connectivity index is 3.08. The Morgan fingerprint density at radius 1 is 1.50 bits per heavy atom. The van der Waals surface area contributed by atoms with E-state index in [-0.39, 0.29) is 17.9 Å². The predicted molar refractivity (Wildman–Crippen MR) is 73.9 cm³/mol. The highest BCUT2D eigenvalue weighted by Crippen LogP contribution is 2.22. The summed E-state index contributed by atoms with van der Waals surface area (Å²) in [5.74, 6) is -0.779. The lowest BCUT2D eigenvalue weighted by Crippen LogP contribution is -2.24. The number of hydrogen-bond donors (Lipinski definition) is 1. The molecule has 0 spiro atoms. The van der Waals surface area contributed by atoms with Crippen molar-refractivity contribution in [2.45, 2.75) is 13.0 Å². The second-order valence-electron chi connectivity index (χ2n) is 3.82. The number of nitro benzene ring substituents is 1. The monoisotopic (exact) mass is 277 g/mol. The van der Waals surface area contributed by atoms with Gasteiger partial charge in [0.25, 0.3) is 5.69 Å². The number of nitro groups is 1. The van der Waals surface area contributed by atoms with Gasteiger partial charge in [-0.15, -0.1) is 0 Å². The Kier molecular flexibility index (Phi) is 5.61. The molecule has 1 aromatic carbocycles. The Morgan fingerprint density at radius 2 is 2.10 bits per heavy atom. The van der Waals surface area contributed by atoms with Crippen molar-refractivity contribution in [2.75, 3.05) is 6.61 Å². The smallest absolute Gasteiger partial charge is 0.339 e. The molecule has 0 radical (unpaired) electrons. The lowest BCUT2D eigenvalue weighted by molar-refractivity contribution is -0.384. The average Bonchev–Trinajstić information content (AvgIpc) is 2.44. The number of non-ortho nitro benzene ring substituents is 1. The van der Waals surface area contributed by atoms with Crippen LogP contribution in [0, 0.1) is 10.1 Å². The molecule has 0 aliphatic carbocycles. The summed E-state index contributed by atoms with van der Waals surface area (Å²) in [6.45, 7) is 5.29. The van der Waals surface area contributed by atoms with Gasteiger partial charge in [0.15, 0.2) is 6.10 Å². The molecule has 0 aliphatic heterocycles. The first-order valence-electron chi connectivity index (χ1n) is 5.93. The summed E-state index contributed by atoms with van der Waals surface area (Å²) in [5, 5.41) is 20.5. The van der Waals surface area contributed by atoms with Gasteiger partial charge in [-0.3, -0.25) is 10.1 Å². The van der Waals surface area contributed by atoms with Crippen LogP contribution in [0.5, 0.6) is 0 Å². The molecule has 0 heterocycles. The molecule has 1 atom stereocenters. The average molecular weight is 277 g/mol. The minimum absolute atomic E-state index is 0.0719. The Bertz CT molecular complexity index is 533. The molecule has 6 heteroatoms. The highest BCUT2D eigenvalue weighted by atomic mass is 16.6. The zero-order valence-corrected chi connectivity index (χ0v) is 11.0. The van der Waals surface area contributed by atoms with Crippen molar-refractivity contribution < 1.29 is 19.6 Å². The van der Waals surface area contributed by atoms with Crippen LogP contribution in [-0.2, 0) is 9.53 Å². The second kappa shape index (κ2) is 7.20. The van der Waals surface area contributed by atoms with Crippen LogP contribution in [0.2, 0.25) is 0 Å². The van der Waals surface area contributed by atoms with Crippen LogP contribution in [0.4, 0.5) is 5.69 Å². The molecule has 106 valence electrons. The van der Waals surface area contributed by atoms with Crippen molar-refractivity contribution in [3.63, 3.8) is 0 Å². The molecule has 6 nitrogen and oxygen atoms in total. The number of hydrogen-bond acceptors (Lipinski definition) is 5. The zero-order valence-electron chi connectivity index (χ0n) is 11.0. The minimum atomic E-state index is -1.46. The van der Waals surface area contributed by atoms with Gasteiger partial charge in [-0.25, -0.2) is 4.79 Å². The van der Waals surface area contributed by atoms with Crippen molar-refractivity contribution in [3.8, 4) is 0 Å². The van der Waals surface area contributed by atoms with Gasteiger partial charge in [-0.05, 0) is 30.2 Å². The van der Waals surface area contributed by atoms with Crippen LogP contribution in [0.3, 0.4) is 0 Å². The van der Waals surface area contributed by atoms with Gasteiger partial charge in [0.05, 0.1) is 11.5 Å². The number of carbonyl (C=O) groups is 1. The number of ether oxygens (including phenoxy) is 1. The number of aliphatic hydroxyl groups excluding tert-OH is 1. The van der Waals surface area contributed by atoms with E-state index < -0.39 is 17.0 Å². The van der Waals surface area contributed by atoms with Crippen molar-refractivity contribution in [1.29, 1.82) is 0 Å². The minimum Gasteiger partial charge on any atom is -0.464 e. The molecule has 20 heavy (non-hydrogen) atoms. The SMILES string of the molecule is C=C/C=C(\c1ccc([N+](=O)[O-])cc1)[C@H](O)C(=O)OCC. The molecule has 0 bridgehead atoms. The molecule has 0 saturated heterocycles. The Hall–Kier alpha value is -2.47. The van der Waals surface area contributed by atoms with Gasteiger partial charge in [0, 0.05) is 12.1 Å². The van der Waals surface area contributed by atoms with Gasteiger partial charge < -0.3 is 9.84 Å². The third-order valence-electron chi connectivity index (χ3n) is 2.51. The number of allylic oxidation sites excluding steroid dienone is 2. The third-order valence-corrected chi connectivity index (χ3v) is 2.51. The first-order chi connectivity index (χ1) is 9.51. The molecule has 1 aromatic rings. The Labute approximate surface area is 116 Å². The summed E-state index contributed by atoms with van der Waals surface area (Å²) in [6, 6.07) is 5.50. The van der Waals surface area contributed by atoms with Crippen LogP contribution >= 0.6 is 0 Å². The van der Waals surface area contributed by atoms with Gasteiger partial charge in [-0.1, -0.05) is 18.7 Å². The van der Waals surface area contributed by atoms with Crippen molar-refractivity contribution in [1.82, 2.24) is 0 Å². The maximum absolute atomic E-state index is 11.6. The van der Waals surface area contributed by atoms with Crippen LogP contribution < -0.4 is 0 Å². The topological polar surface area (TPSA) is 89.7 Å². The van der Waals surface area contributed by atoms with Gasteiger partial charge in [0.1, 0.15) is 0 Å². The highest BCUT2D eigenvalue weighted by molar-refractivity contribution is 5.91. The van der Waals surface area contributed by atoms with E-state index in [1.807, 2.05) is 0 Å². The van der Waals surface area contributed by atoms with E-state index in [1.54, 1.807) is 6.92 Å². The summed E-state index contributed by atoms with van der Waals surface area (Å²) >= 11 is 0. The molecular weight excluding hydrogens is 262 g/mol. The number of esters is 1. The van der Waals surface area contributed by atoms with Crippen molar-refractivity contribution >= 4 is 17.2 Å². The normalized spacial score (nSPS) is 12.6. The van der Waals surface area contributed by atoms with Crippen molar-refractivity contribution in [3.05, 3.63) is 58.7 Å². The second-order valence-corrected chi connectivity index (χ2v) is 3.82.